The second-order valence-corrected chi connectivity index (χ2v) is 8.73. The van der Waals surface area contributed by atoms with Gasteiger partial charge in [-0.1, -0.05) is 6.92 Å². The monoisotopic (exact) mass is 455 g/mol. The lowest BCUT2D eigenvalue weighted by Gasteiger charge is -2.31. The van der Waals surface area contributed by atoms with Crippen LogP contribution in [0.15, 0.2) is 36.0 Å². The summed E-state index contributed by atoms with van der Waals surface area (Å²) < 4.78 is 20.5. The molecule has 1 aromatic carbocycles. The van der Waals surface area contributed by atoms with Crippen molar-refractivity contribution in [1.82, 2.24) is 15.0 Å². The number of anilines is 1. The average molecular weight is 456 g/mol. The minimum Gasteiger partial charge on any atom is -0.624 e. The third kappa shape index (κ3) is 5.40. The Kier molecular flexibility index (Phi) is 6.94. The molecule has 0 amide bonds. The maximum atomic E-state index is 14.2. The number of hydrogen-bond acceptors (Lipinski definition) is 7. The lowest BCUT2D eigenvalue weighted by Crippen LogP contribution is -2.34. The van der Waals surface area contributed by atoms with Gasteiger partial charge in [-0.2, -0.15) is 0 Å². The Morgan fingerprint density at radius 2 is 2.03 bits per heavy atom. The standard InChI is InChI=1S/C23H26FN5O2S/c1-3-16-11-25-23(26-12-16)29-8-6-18(7-9-29)22-27-19(15-32-22)14-31-21-5-4-17(10-20(21)24)13-28(2)30/h4-5,10-13,15,18H,3,6-9,14H2,1-2H3/b28-13-. The van der Waals surface area contributed by atoms with Crippen LogP contribution in [-0.2, 0) is 13.0 Å². The van der Waals surface area contributed by atoms with Gasteiger partial charge in [0.2, 0.25) is 5.95 Å². The van der Waals surface area contributed by atoms with Crippen molar-refractivity contribution in [2.45, 2.75) is 38.7 Å². The van der Waals surface area contributed by atoms with Crippen LogP contribution < -0.4 is 9.64 Å². The third-order valence-corrected chi connectivity index (χ3v) is 6.51. The Morgan fingerprint density at radius 3 is 2.69 bits per heavy atom. The second-order valence-electron chi connectivity index (χ2n) is 7.84. The van der Waals surface area contributed by atoms with Crippen LogP contribution in [0.25, 0.3) is 0 Å². The van der Waals surface area contributed by atoms with E-state index in [1.807, 2.05) is 17.8 Å². The van der Waals surface area contributed by atoms with E-state index in [9.17, 15) is 9.60 Å². The molecule has 0 spiro atoms. The molecular formula is C23H26FN5O2S. The number of piperidine rings is 1. The van der Waals surface area contributed by atoms with Gasteiger partial charge < -0.3 is 14.8 Å². The van der Waals surface area contributed by atoms with E-state index in [0.717, 1.165) is 54.6 Å². The molecule has 1 saturated heterocycles. The number of benzene rings is 1. The summed E-state index contributed by atoms with van der Waals surface area (Å²) in [4.78, 5) is 15.9. The van der Waals surface area contributed by atoms with E-state index in [1.54, 1.807) is 17.4 Å². The lowest BCUT2D eigenvalue weighted by molar-refractivity contribution is -0.416. The Morgan fingerprint density at radius 1 is 1.28 bits per heavy atom. The summed E-state index contributed by atoms with van der Waals surface area (Å²) in [5.74, 6) is 0.835. The molecule has 3 aromatic rings. The maximum Gasteiger partial charge on any atom is 0.225 e. The highest BCUT2D eigenvalue weighted by molar-refractivity contribution is 7.09. The fraction of sp³-hybridized carbons (Fsp3) is 0.391. The minimum absolute atomic E-state index is 0.146. The van der Waals surface area contributed by atoms with E-state index < -0.39 is 5.82 Å². The summed E-state index contributed by atoms with van der Waals surface area (Å²) in [7, 11) is 1.35. The first-order valence-corrected chi connectivity index (χ1v) is 11.6. The molecule has 168 valence electrons. The molecule has 0 N–H and O–H groups in total. The topological polar surface area (TPSA) is 77.2 Å². The predicted molar refractivity (Wildman–Crippen MR) is 123 cm³/mol. The quantitative estimate of drug-likeness (QED) is 0.230. The molecule has 0 atom stereocenters. The zero-order chi connectivity index (χ0) is 22.5. The molecule has 2 aromatic heterocycles. The number of hydrogen-bond donors (Lipinski definition) is 0. The number of rotatable bonds is 7. The van der Waals surface area contributed by atoms with Gasteiger partial charge >= 0.3 is 0 Å². The van der Waals surface area contributed by atoms with Crippen molar-refractivity contribution in [1.29, 1.82) is 0 Å². The average Bonchev–Trinajstić information content (AvgIpc) is 3.27. The van der Waals surface area contributed by atoms with Gasteiger partial charge in [-0.25, -0.2) is 24.1 Å². The molecule has 7 nitrogen and oxygen atoms in total. The molecule has 0 saturated carbocycles. The van der Waals surface area contributed by atoms with E-state index in [4.69, 9.17) is 9.72 Å². The molecule has 0 radical (unpaired) electrons. The fourth-order valence-electron chi connectivity index (χ4n) is 3.67. The molecular weight excluding hydrogens is 429 g/mol. The number of hydroxylamine groups is 1. The van der Waals surface area contributed by atoms with Gasteiger partial charge in [0.25, 0.3) is 0 Å². The minimum atomic E-state index is -0.502. The highest BCUT2D eigenvalue weighted by Crippen LogP contribution is 2.31. The summed E-state index contributed by atoms with van der Waals surface area (Å²) in [6, 6.07) is 4.46. The first-order valence-electron chi connectivity index (χ1n) is 10.7. The van der Waals surface area contributed by atoms with E-state index in [0.29, 0.717) is 16.2 Å². The number of aromatic nitrogens is 3. The van der Waals surface area contributed by atoms with E-state index in [-0.39, 0.29) is 12.4 Å². The number of aryl methyl sites for hydroxylation is 1. The van der Waals surface area contributed by atoms with Crippen LogP contribution >= 0.6 is 11.3 Å². The van der Waals surface area contributed by atoms with Gasteiger partial charge in [0, 0.05) is 42.3 Å². The van der Waals surface area contributed by atoms with Crippen molar-refractivity contribution in [3.63, 3.8) is 0 Å². The number of thiazole rings is 1. The summed E-state index contributed by atoms with van der Waals surface area (Å²) in [6.45, 7) is 4.09. The van der Waals surface area contributed by atoms with Crippen LogP contribution in [0, 0.1) is 11.0 Å². The molecule has 3 heterocycles. The molecule has 32 heavy (non-hydrogen) atoms. The molecule has 1 fully saturated rings. The van der Waals surface area contributed by atoms with Crippen LogP contribution in [0.4, 0.5) is 10.3 Å². The van der Waals surface area contributed by atoms with E-state index >= 15 is 0 Å². The number of nitrogens with zero attached hydrogens (tertiary/aromatic N) is 5. The number of ether oxygens (including phenoxy) is 1. The number of halogens is 1. The third-order valence-electron chi connectivity index (χ3n) is 5.46. The summed E-state index contributed by atoms with van der Waals surface area (Å²) in [6.07, 6.45) is 8.03. The second kappa shape index (κ2) is 10.0. The van der Waals surface area contributed by atoms with E-state index in [2.05, 4.69) is 21.8 Å². The molecule has 1 aliphatic heterocycles. The molecule has 0 bridgehead atoms. The van der Waals surface area contributed by atoms with Crippen LogP contribution in [0.2, 0.25) is 0 Å². The Balaban J connectivity index is 1.31. The molecule has 0 unspecified atom stereocenters. The Labute approximate surface area is 190 Å². The Bertz CT molecular complexity index is 1070. The van der Waals surface area contributed by atoms with Gasteiger partial charge in [0.15, 0.2) is 17.8 Å². The zero-order valence-electron chi connectivity index (χ0n) is 18.2. The van der Waals surface area contributed by atoms with Gasteiger partial charge in [-0.3, -0.25) is 0 Å². The Hall–Kier alpha value is -3.07. The van der Waals surface area contributed by atoms with Gasteiger partial charge in [-0.15, -0.1) is 11.3 Å². The summed E-state index contributed by atoms with van der Waals surface area (Å²) in [5.41, 5.74) is 2.42. The van der Waals surface area contributed by atoms with Gasteiger partial charge in [0.1, 0.15) is 13.7 Å². The fourth-order valence-corrected chi connectivity index (χ4v) is 4.65. The largest absolute Gasteiger partial charge is 0.624 e. The molecule has 0 aliphatic carbocycles. The van der Waals surface area contributed by atoms with Crippen LogP contribution in [-0.4, -0.2) is 46.0 Å². The van der Waals surface area contributed by atoms with Crippen molar-refractivity contribution < 1.29 is 13.9 Å². The van der Waals surface area contributed by atoms with Crippen LogP contribution in [0.3, 0.4) is 0 Å². The lowest BCUT2D eigenvalue weighted by atomic mass is 9.98. The normalized spacial score (nSPS) is 15.2. The van der Waals surface area contributed by atoms with Crippen molar-refractivity contribution in [3.8, 4) is 5.75 Å². The summed E-state index contributed by atoms with van der Waals surface area (Å²) >= 11 is 1.63. The van der Waals surface area contributed by atoms with Crippen molar-refractivity contribution in [3.05, 3.63) is 68.8 Å². The van der Waals surface area contributed by atoms with E-state index in [1.165, 1.54) is 25.4 Å². The SMILES string of the molecule is CCc1cnc(N2CCC(c3nc(COc4ccc(/C=[N+](/C)[O-])cc4F)cs3)CC2)nc1. The van der Waals surface area contributed by atoms with Crippen molar-refractivity contribution >= 4 is 23.5 Å². The zero-order valence-corrected chi connectivity index (χ0v) is 19.0. The summed E-state index contributed by atoms with van der Waals surface area (Å²) in [5, 5.41) is 14.1. The first kappa shape index (κ1) is 22.1. The molecule has 4 rings (SSSR count). The van der Waals surface area contributed by atoms with Gasteiger partial charge in [-0.05, 0) is 43.0 Å². The van der Waals surface area contributed by atoms with Crippen molar-refractivity contribution in [2.24, 2.45) is 0 Å². The first-order chi connectivity index (χ1) is 15.5. The highest BCUT2D eigenvalue weighted by Gasteiger charge is 2.24. The highest BCUT2D eigenvalue weighted by atomic mass is 32.1. The van der Waals surface area contributed by atoms with Crippen molar-refractivity contribution in [2.75, 3.05) is 25.0 Å². The van der Waals surface area contributed by atoms with Gasteiger partial charge in [0.05, 0.1) is 10.7 Å². The van der Waals surface area contributed by atoms with Crippen LogP contribution in [0.5, 0.6) is 5.75 Å². The maximum absolute atomic E-state index is 14.2. The molecule has 9 heteroatoms. The molecule has 1 aliphatic rings. The smallest absolute Gasteiger partial charge is 0.225 e. The van der Waals surface area contributed by atoms with Crippen LogP contribution in [0.1, 0.15) is 47.5 Å². The predicted octanol–water partition coefficient (Wildman–Crippen LogP) is 4.16.